The van der Waals surface area contributed by atoms with Gasteiger partial charge >= 0.3 is 0 Å². The monoisotopic (exact) mass is 423 g/mol. The van der Waals surface area contributed by atoms with Crippen molar-refractivity contribution in [2.45, 2.75) is 25.3 Å². The number of aromatic nitrogens is 1. The third-order valence-electron chi connectivity index (χ3n) is 4.30. The Kier molecular flexibility index (Phi) is 7.40. The molecule has 10 heteroatoms. The Balaban J connectivity index is 2.26. The molecule has 0 fully saturated rings. The molecule has 0 spiro atoms. The van der Waals surface area contributed by atoms with Crippen LogP contribution >= 0.6 is 0 Å². The number of carbonyl (C=O) groups is 1. The summed E-state index contributed by atoms with van der Waals surface area (Å²) in [4.78, 5) is 24.5. The molecule has 2 aromatic rings. The van der Waals surface area contributed by atoms with Gasteiger partial charge in [-0.3, -0.25) is 9.59 Å². The summed E-state index contributed by atoms with van der Waals surface area (Å²) in [5.74, 6) is 0.446. The molecule has 1 aromatic heterocycles. The number of benzene rings is 1. The quantitative estimate of drug-likeness (QED) is 0.656. The second-order valence-corrected chi connectivity index (χ2v) is 7.97. The highest BCUT2D eigenvalue weighted by Gasteiger charge is 2.22. The number of hydrogen-bond acceptors (Lipinski definition) is 6. The number of sulfonamides is 1. The largest absolute Gasteiger partial charge is 0.497 e. The third kappa shape index (κ3) is 5.15. The fraction of sp³-hybridized carbons (Fsp3) is 0.368. The van der Waals surface area contributed by atoms with E-state index in [1.165, 1.54) is 30.8 Å². The zero-order valence-corrected chi connectivity index (χ0v) is 17.7. The molecular formula is C19H25N3O6S. The molecule has 0 radical (unpaired) electrons. The zero-order chi connectivity index (χ0) is 21.6. The van der Waals surface area contributed by atoms with E-state index in [0.717, 1.165) is 10.6 Å². The van der Waals surface area contributed by atoms with Crippen molar-refractivity contribution >= 4 is 21.6 Å². The fourth-order valence-electron chi connectivity index (χ4n) is 2.74. The highest BCUT2D eigenvalue weighted by atomic mass is 32.2. The van der Waals surface area contributed by atoms with Crippen LogP contribution in [0.4, 0.5) is 5.69 Å². The summed E-state index contributed by atoms with van der Waals surface area (Å²) in [6.45, 7) is 3.71. The van der Waals surface area contributed by atoms with Crippen molar-refractivity contribution in [3.05, 3.63) is 46.9 Å². The van der Waals surface area contributed by atoms with Gasteiger partial charge in [-0.05, 0) is 18.2 Å². The highest BCUT2D eigenvalue weighted by Crippen LogP contribution is 2.29. The van der Waals surface area contributed by atoms with Gasteiger partial charge in [0.25, 0.3) is 5.56 Å². The molecule has 0 saturated heterocycles. The van der Waals surface area contributed by atoms with Gasteiger partial charge in [-0.2, -0.15) is 4.31 Å². The summed E-state index contributed by atoms with van der Waals surface area (Å²) in [6, 6.07) is 7.26. The van der Waals surface area contributed by atoms with Crippen LogP contribution in [0.15, 0.2) is 46.2 Å². The lowest BCUT2D eigenvalue weighted by Gasteiger charge is -2.19. The normalized spacial score (nSPS) is 11.3. The SMILES string of the molecule is CCN(CC)S(=O)(=O)c1ccc(=O)n(CC(=O)Nc2ccc(OC)cc2OC)c1. The predicted octanol–water partition coefficient (Wildman–Crippen LogP) is 1.53. The van der Waals surface area contributed by atoms with E-state index in [0.29, 0.717) is 30.3 Å². The molecular weight excluding hydrogens is 398 g/mol. The van der Waals surface area contributed by atoms with Crippen molar-refractivity contribution in [2.75, 3.05) is 32.6 Å². The lowest BCUT2D eigenvalue weighted by Crippen LogP contribution is -2.33. The van der Waals surface area contributed by atoms with Crippen molar-refractivity contribution in [1.29, 1.82) is 0 Å². The molecule has 0 atom stereocenters. The lowest BCUT2D eigenvalue weighted by atomic mass is 10.2. The fourth-order valence-corrected chi connectivity index (χ4v) is 4.22. The van der Waals surface area contributed by atoms with Crippen LogP contribution in [-0.2, 0) is 21.4 Å². The maximum atomic E-state index is 12.7. The number of rotatable bonds is 9. The van der Waals surface area contributed by atoms with Crippen molar-refractivity contribution < 1.29 is 22.7 Å². The summed E-state index contributed by atoms with van der Waals surface area (Å²) < 4.78 is 38.0. The number of anilines is 1. The first-order chi connectivity index (χ1) is 13.8. The summed E-state index contributed by atoms with van der Waals surface area (Å²) >= 11 is 0. The van der Waals surface area contributed by atoms with Gasteiger partial charge in [0.2, 0.25) is 15.9 Å². The number of ether oxygens (including phenoxy) is 2. The standard InChI is InChI=1S/C19H25N3O6S/c1-5-22(6-2)29(25,26)15-8-10-19(24)21(12-15)13-18(23)20-16-9-7-14(27-3)11-17(16)28-4/h7-12H,5-6,13H2,1-4H3,(H,20,23). The average molecular weight is 423 g/mol. The topological polar surface area (TPSA) is 107 Å². The summed E-state index contributed by atoms with van der Waals surface area (Å²) in [5.41, 5.74) is -0.0846. The van der Waals surface area contributed by atoms with E-state index >= 15 is 0 Å². The maximum Gasteiger partial charge on any atom is 0.251 e. The molecule has 0 aliphatic carbocycles. The first kappa shape index (κ1) is 22.4. The number of pyridine rings is 1. The molecule has 2 rings (SSSR count). The van der Waals surface area contributed by atoms with Gasteiger partial charge in [-0.15, -0.1) is 0 Å². The molecule has 29 heavy (non-hydrogen) atoms. The molecule has 158 valence electrons. The number of amides is 1. The van der Waals surface area contributed by atoms with E-state index in [2.05, 4.69) is 5.32 Å². The molecule has 0 aliphatic heterocycles. The minimum Gasteiger partial charge on any atom is -0.497 e. The van der Waals surface area contributed by atoms with E-state index in [4.69, 9.17) is 9.47 Å². The van der Waals surface area contributed by atoms with Crippen LogP contribution in [0.1, 0.15) is 13.8 Å². The first-order valence-electron chi connectivity index (χ1n) is 8.99. The molecule has 1 heterocycles. The Hall–Kier alpha value is -2.85. The molecule has 0 bridgehead atoms. The smallest absolute Gasteiger partial charge is 0.251 e. The molecule has 0 saturated carbocycles. The number of nitrogens with zero attached hydrogens (tertiary/aromatic N) is 2. The second-order valence-electron chi connectivity index (χ2n) is 6.03. The summed E-state index contributed by atoms with van der Waals surface area (Å²) in [7, 11) is -0.778. The van der Waals surface area contributed by atoms with E-state index in [1.807, 2.05) is 0 Å². The highest BCUT2D eigenvalue weighted by molar-refractivity contribution is 7.89. The van der Waals surface area contributed by atoms with Crippen LogP contribution in [0.25, 0.3) is 0 Å². The number of hydrogen-bond donors (Lipinski definition) is 1. The number of carbonyl (C=O) groups excluding carboxylic acids is 1. The summed E-state index contributed by atoms with van der Waals surface area (Å²) in [6.07, 6.45) is 1.18. The Morgan fingerprint density at radius 2 is 1.79 bits per heavy atom. The van der Waals surface area contributed by atoms with Crippen LogP contribution in [0.3, 0.4) is 0 Å². The molecule has 1 aromatic carbocycles. The average Bonchev–Trinajstić information content (AvgIpc) is 2.70. The molecule has 0 aliphatic rings. The Labute approximate surface area is 169 Å². The second kappa shape index (κ2) is 9.57. The van der Waals surface area contributed by atoms with Gasteiger partial charge in [0, 0.05) is 31.4 Å². The Morgan fingerprint density at radius 3 is 2.38 bits per heavy atom. The van der Waals surface area contributed by atoms with Gasteiger partial charge in [0.1, 0.15) is 18.0 Å². The minimum absolute atomic E-state index is 0.0457. The van der Waals surface area contributed by atoms with Crippen LogP contribution in [-0.4, -0.2) is 50.5 Å². The van der Waals surface area contributed by atoms with Crippen LogP contribution in [0, 0.1) is 0 Å². The third-order valence-corrected chi connectivity index (χ3v) is 6.33. The molecule has 1 amide bonds. The first-order valence-corrected chi connectivity index (χ1v) is 10.4. The van der Waals surface area contributed by atoms with Gasteiger partial charge in [0.15, 0.2) is 0 Å². The number of methoxy groups -OCH3 is 2. The van der Waals surface area contributed by atoms with Crippen LogP contribution < -0.4 is 20.3 Å². The van der Waals surface area contributed by atoms with Crippen molar-refractivity contribution in [1.82, 2.24) is 8.87 Å². The van der Waals surface area contributed by atoms with E-state index in [1.54, 1.807) is 32.0 Å². The Morgan fingerprint density at radius 1 is 1.10 bits per heavy atom. The maximum absolute atomic E-state index is 12.7. The van der Waals surface area contributed by atoms with Gasteiger partial charge < -0.3 is 19.4 Å². The van der Waals surface area contributed by atoms with Gasteiger partial charge in [-0.25, -0.2) is 8.42 Å². The van der Waals surface area contributed by atoms with Crippen LogP contribution in [0.2, 0.25) is 0 Å². The Bertz CT molecular complexity index is 1030. The van der Waals surface area contributed by atoms with Crippen molar-refractivity contribution in [2.24, 2.45) is 0 Å². The molecule has 1 N–H and O–H groups in total. The van der Waals surface area contributed by atoms with Crippen LogP contribution in [0.5, 0.6) is 11.5 Å². The van der Waals surface area contributed by atoms with Gasteiger partial charge in [0.05, 0.1) is 24.8 Å². The number of nitrogens with one attached hydrogen (secondary N) is 1. The van der Waals surface area contributed by atoms with E-state index in [9.17, 15) is 18.0 Å². The van der Waals surface area contributed by atoms with E-state index < -0.39 is 21.5 Å². The van der Waals surface area contributed by atoms with Crippen molar-refractivity contribution in [3.63, 3.8) is 0 Å². The minimum atomic E-state index is -3.75. The van der Waals surface area contributed by atoms with E-state index in [-0.39, 0.29) is 11.4 Å². The van der Waals surface area contributed by atoms with Crippen molar-refractivity contribution in [3.8, 4) is 11.5 Å². The van der Waals surface area contributed by atoms with Gasteiger partial charge in [-0.1, -0.05) is 13.8 Å². The lowest BCUT2D eigenvalue weighted by molar-refractivity contribution is -0.116. The molecule has 9 nitrogen and oxygen atoms in total. The predicted molar refractivity (Wildman–Crippen MR) is 109 cm³/mol. The zero-order valence-electron chi connectivity index (χ0n) is 16.8. The molecule has 0 unspecified atom stereocenters. The summed E-state index contributed by atoms with van der Waals surface area (Å²) in [5, 5.41) is 2.65.